The molecule has 1 N–H and O–H groups in total. The Balaban J connectivity index is 2.02. The van der Waals surface area contributed by atoms with E-state index in [0.29, 0.717) is 32.6 Å². The van der Waals surface area contributed by atoms with Crippen LogP contribution in [0.3, 0.4) is 0 Å². The molecule has 0 saturated carbocycles. The van der Waals surface area contributed by atoms with Crippen molar-refractivity contribution >= 4 is 11.8 Å². The van der Waals surface area contributed by atoms with Crippen molar-refractivity contribution in [3.63, 3.8) is 0 Å². The number of amides is 2. The van der Waals surface area contributed by atoms with Crippen LogP contribution in [0.1, 0.15) is 37.8 Å². The summed E-state index contributed by atoms with van der Waals surface area (Å²) < 4.78 is 5.28. The average Bonchev–Trinajstić information content (AvgIpc) is 2.57. The highest BCUT2D eigenvalue weighted by Gasteiger charge is 2.38. The molecule has 1 aliphatic rings. The van der Waals surface area contributed by atoms with Gasteiger partial charge in [0, 0.05) is 33.2 Å². The molecule has 0 bridgehead atoms. The first-order valence-corrected chi connectivity index (χ1v) is 8.31. The molecule has 0 aliphatic carbocycles. The van der Waals surface area contributed by atoms with Gasteiger partial charge < -0.3 is 15.0 Å². The van der Waals surface area contributed by atoms with Gasteiger partial charge in [-0.3, -0.25) is 9.59 Å². The van der Waals surface area contributed by atoms with Crippen LogP contribution in [-0.2, 0) is 14.3 Å². The number of ether oxygens (including phenoxy) is 1. The molecule has 0 unspecified atom stereocenters. The van der Waals surface area contributed by atoms with Crippen LogP contribution in [0.5, 0.6) is 0 Å². The zero-order valence-corrected chi connectivity index (χ0v) is 14.0. The Kier molecular flexibility index (Phi) is 6.59. The molecule has 1 aromatic rings. The van der Waals surface area contributed by atoms with E-state index >= 15 is 0 Å². The summed E-state index contributed by atoms with van der Waals surface area (Å²) in [6.07, 6.45) is 1.83. The first-order valence-electron chi connectivity index (χ1n) is 8.31. The topological polar surface area (TPSA) is 58.6 Å². The molecule has 2 atom stereocenters. The third-order valence-electron chi connectivity index (χ3n) is 4.31. The molecule has 126 valence electrons. The van der Waals surface area contributed by atoms with Crippen molar-refractivity contribution in [1.29, 1.82) is 0 Å². The molecular weight excluding hydrogens is 292 g/mol. The fraction of sp³-hybridized carbons (Fsp3) is 0.556. The smallest absolute Gasteiger partial charge is 0.225 e. The standard InChI is InChI=1S/C18H26N2O3/c1-3-23-13-7-12-19-18(22)15-10-11-16(21)20(2)17(15)14-8-5-4-6-9-14/h4-6,8-9,15,17H,3,7,10-13H2,1-2H3,(H,19,22)/t15-,17+/m1/s1. The molecule has 0 radical (unpaired) electrons. The molecule has 2 amide bonds. The van der Waals surface area contributed by atoms with Gasteiger partial charge in [0.15, 0.2) is 0 Å². The number of carbonyl (C=O) groups is 2. The summed E-state index contributed by atoms with van der Waals surface area (Å²) in [5.74, 6) is -0.0823. The number of nitrogens with one attached hydrogen (secondary N) is 1. The summed E-state index contributed by atoms with van der Waals surface area (Å²) in [7, 11) is 1.79. The summed E-state index contributed by atoms with van der Waals surface area (Å²) in [5.41, 5.74) is 1.01. The lowest BCUT2D eigenvalue weighted by molar-refractivity contribution is -0.141. The van der Waals surface area contributed by atoms with E-state index < -0.39 is 0 Å². The Hall–Kier alpha value is -1.88. The SMILES string of the molecule is CCOCCCNC(=O)[C@@H]1CCC(=O)N(C)[C@H]1c1ccccc1. The maximum atomic E-state index is 12.6. The molecule has 1 saturated heterocycles. The highest BCUT2D eigenvalue weighted by molar-refractivity contribution is 5.84. The van der Waals surface area contributed by atoms with Crippen molar-refractivity contribution in [3.05, 3.63) is 35.9 Å². The van der Waals surface area contributed by atoms with E-state index in [9.17, 15) is 9.59 Å². The largest absolute Gasteiger partial charge is 0.382 e. The van der Waals surface area contributed by atoms with Gasteiger partial charge in [0.2, 0.25) is 11.8 Å². The minimum absolute atomic E-state index is 0.0229. The number of rotatable bonds is 7. The number of hydrogen-bond donors (Lipinski definition) is 1. The Morgan fingerprint density at radius 3 is 2.78 bits per heavy atom. The van der Waals surface area contributed by atoms with Crippen LogP contribution < -0.4 is 5.32 Å². The summed E-state index contributed by atoms with van der Waals surface area (Å²) in [4.78, 5) is 26.3. The lowest BCUT2D eigenvalue weighted by Crippen LogP contribution is -2.46. The van der Waals surface area contributed by atoms with Crippen molar-refractivity contribution in [2.45, 2.75) is 32.2 Å². The van der Waals surface area contributed by atoms with Gasteiger partial charge in [0.05, 0.1) is 12.0 Å². The molecule has 23 heavy (non-hydrogen) atoms. The maximum Gasteiger partial charge on any atom is 0.225 e. The van der Waals surface area contributed by atoms with E-state index in [-0.39, 0.29) is 23.8 Å². The monoisotopic (exact) mass is 318 g/mol. The summed E-state index contributed by atoms with van der Waals surface area (Å²) in [6, 6.07) is 9.60. The molecule has 5 nitrogen and oxygen atoms in total. The van der Waals surface area contributed by atoms with Gasteiger partial charge in [0.25, 0.3) is 0 Å². The fourth-order valence-electron chi connectivity index (χ4n) is 3.08. The van der Waals surface area contributed by atoms with Gasteiger partial charge >= 0.3 is 0 Å². The van der Waals surface area contributed by atoms with Crippen LogP contribution in [0.15, 0.2) is 30.3 Å². The first kappa shape index (κ1) is 17.5. The van der Waals surface area contributed by atoms with E-state index in [4.69, 9.17) is 4.74 Å². The Bertz CT molecular complexity index is 518. The number of hydrogen-bond acceptors (Lipinski definition) is 3. The molecule has 5 heteroatoms. The second kappa shape index (κ2) is 8.67. The minimum Gasteiger partial charge on any atom is -0.382 e. The van der Waals surface area contributed by atoms with Gasteiger partial charge in [-0.25, -0.2) is 0 Å². The number of benzene rings is 1. The Labute approximate surface area is 138 Å². The van der Waals surface area contributed by atoms with Crippen LogP contribution >= 0.6 is 0 Å². The zero-order valence-electron chi connectivity index (χ0n) is 14.0. The molecular formula is C18H26N2O3. The molecule has 1 aliphatic heterocycles. The summed E-state index contributed by atoms with van der Waals surface area (Å²) >= 11 is 0. The van der Waals surface area contributed by atoms with E-state index in [1.165, 1.54) is 0 Å². The highest BCUT2D eigenvalue weighted by Crippen LogP contribution is 2.35. The van der Waals surface area contributed by atoms with Crippen molar-refractivity contribution in [2.24, 2.45) is 5.92 Å². The number of nitrogens with zero attached hydrogens (tertiary/aromatic N) is 1. The van der Waals surface area contributed by atoms with Crippen LogP contribution in [0.2, 0.25) is 0 Å². The fourth-order valence-corrected chi connectivity index (χ4v) is 3.08. The molecule has 1 aromatic carbocycles. The van der Waals surface area contributed by atoms with Crippen LogP contribution in [0.25, 0.3) is 0 Å². The predicted octanol–water partition coefficient (Wildman–Crippen LogP) is 2.14. The summed E-state index contributed by atoms with van der Waals surface area (Å²) in [5, 5.41) is 2.99. The average molecular weight is 318 g/mol. The second-order valence-electron chi connectivity index (χ2n) is 5.85. The molecule has 1 heterocycles. The van der Waals surface area contributed by atoms with Crippen molar-refractivity contribution in [2.75, 3.05) is 26.8 Å². The third kappa shape index (κ3) is 4.55. The normalized spacial score (nSPS) is 21.3. The Morgan fingerprint density at radius 2 is 2.09 bits per heavy atom. The van der Waals surface area contributed by atoms with Crippen LogP contribution in [0, 0.1) is 5.92 Å². The third-order valence-corrected chi connectivity index (χ3v) is 4.31. The van der Waals surface area contributed by atoms with E-state index in [0.717, 1.165) is 12.0 Å². The molecule has 0 spiro atoms. The van der Waals surface area contributed by atoms with Gasteiger partial charge in [-0.1, -0.05) is 30.3 Å². The van der Waals surface area contributed by atoms with Gasteiger partial charge in [-0.05, 0) is 25.3 Å². The van der Waals surface area contributed by atoms with E-state index in [1.807, 2.05) is 37.3 Å². The molecule has 2 rings (SSSR count). The molecule has 0 aromatic heterocycles. The maximum absolute atomic E-state index is 12.6. The highest BCUT2D eigenvalue weighted by atomic mass is 16.5. The second-order valence-corrected chi connectivity index (χ2v) is 5.85. The van der Waals surface area contributed by atoms with Gasteiger partial charge in [-0.2, -0.15) is 0 Å². The van der Waals surface area contributed by atoms with Crippen LogP contribution in [-0.4, -0.2) is 43.5 Å². The van der Waals surface area contributed by atoms with E-state index in [1.54, 1.807) is 11.9 Å². The lowest BCUT2D eigenvalue weighted by atomic mass is 9.84. The lowest BCUT2D eigenvalue weighted by Gasteiger charge is -2.38. The van der Waals surface area contributed by atoms with E-state index in [2.05, 4.69) is 5.32 Å². The first-order chi connectivity index (χ1) is 11.1. The van der Waals surface area contributed by atoms with Crippen molar-refractivity contribution in [1.82, 2.24) is 10.2 Å². The van der Waals surface area contributed by atoms with Crippen molar-refractivity contribution in [3.8, 4) is 0 Å². The summed E-state index contributed by atoms with van der Waals surface area (Å²) in [6.45, 7) is 3.91. The number of carbonyl (C=O) groups excluding carboxylic acids is 2. The molecule has 1 fully saturated rings. The van der Waals surface area contributed by atoms with Crippen molar-refractivity contribution < 1.29 is 14.3 Å². The Morgan fingerprint density at radius 1 is 1.35 bits per heavy atom. The quantitative estimate of drug-likeness (QED) is 0.784. The predicted molar refractivity (Wildman–Crippen MR) is 88.8 cm³/mol. The van der Waals surface area contributed by atoms with Gasteiger partial charge in [0.1, 0.15) is 0 Å². The van der Waals surface area contributed by atoms with Gasteiger partial charge in [-0.15, -0.1) is 0 Å². The zero-order chi connectivity index (χ0) is 16.7. The minimum atomic E-state index is -0.202. The number of likely N-dealkylation sites (tertiary alicyclic amines) is 1. The van der Waals surface area contributed by atoms with Crippen LogP contribution in [0.4, 0.5) is 0 Å². The number of piperidine rings is 1.